The Morgan fingerprint density at radius 2 is 1.65 bits per heavy atom. The topological polar surface area (TPSA) is 24.9 Å². The van der Waals surface area contributed by atoms with E-state index < -0.39 is 0 Å². The molecule has 0 amide bonds. The number of rotatable bonds is 4. The molecule has 1 N–H and O–H groups in total. The molecule has 3 rings (SSSR count). The fourth-order valence-electron chi connectivity index (χ4n) is 2.34. The maximum absolute atomic E-state index is 4.46. The summed E-state index contributed by atoms with van der Waals surface area (Å²) in [4.78, 5) is 4.46. The van der Waals surface area contributed by atoms with Crippen LogP contribution < -0.4 is 5.32 Å². The van der Waals surface area contributed by atoms with E-state index in [9.17, 15) is 0 Å². The van der Waals surface area contributed by atoms with Gasteiger partial charge in [0.05, 0.1) is 11.2 Å². The number of benzene rings is 2. The number of anilines is 1. The lowest BCUT2D eigenvalue weighted by molar-refractivity contribution is 1.11. The highest BCUT2D eigenvalue weighted by Gasteiger charge is 2.01. The van der Waals surface area contributed by atoms with Crippen molar-refractivity contribution in [3.8, 4) is 0 Å². The van der Waals surface area contributed by atoms with Crippen molar-refractivity contribution in [2.45, 2.75) is 19.9 Å². The van der Waals surface area contributed by atoms with Gasteiger partial charge in [-0.1, -0.05) is 49.4 Å². The van der Waals surface area contributed by atoms with Gasteiger partial charge >= 0.3 is 0 Å². The molecule has 0 aliphatic heterocycles. The summed E-state index contributed by atoms with van der Waals surface area (Å²) < 4.78 is 0. The summed E-state index contributed by atoms with van der Waals surface area (Å²) in [5, 5.41) is 4.64. The Morgan fingerprint density at radius 3 is 2.45 bits per heavy atom. The van der Waals surface area contributed by atoms with E-state index in [1.165, 1.54) is 16.5 Å². The van der Waals surface area contributed by atoms with Gasteiger partial charge in [0.1, 0.15) is 0 Å². The Bertz CT molecular complexity index is 697. The predicted molar refractivity (Wildman–Crippen MR) is 84.9 cm³/mol. The SMILES string of the molecule is CCc1ccc(CNc2cccc3cccnc23)cc1. The minimum Gasteiger partial charge on any atom is -0.379 e. The molecule has 2 aromatic carbocycles. The minimum atomic E-state index is 0.819. The molecule has 0 atom stereocenters. The summed E-state index contributed by atoms with van der Waals surface area (Å²) in [6.07, 6.45) is 2.92. The summed E-state index contributed by atoms with van der Waals surface area (Å²) in [7, 11) is 0. The summed E-state index contributed by atoms with van der Waals surface area (Å²) in [5.74, 6) is 0. The molecule has 0 spiro atoms. The third-order valence-electron chi connectivity index (χ3n) is 3.55. The number of nitrogens with one attached hydrogen (secondary N) is 1. The van der Waals surface area contributed by atoms with Gasteiger partial charge < -0.3 is 5.32 Å². The van der Waals surface area contributed by atoms with E-state index in [1.807, 2.05) is 12.3 Å². The molecule has 0 saturated heterocycles. The van der Waals surface area contributed by atoms with E-state index in [-0.39, 0.29) is 0 Å². The van der Waals surface area contributed by atoms with Crippen molar-refractivity contribution in [1.29, 1.82) is 0 Å². The molecule has 1 heterocycles. The zero-order chi connectivity index (χ0) is 13.8. The number of aryl methyl sites for hydroxylation is 1. The van der Waals surface area contributed by atoms with Crippen LogP contribution in [-0.2, 0) is 13.0 Å². The smallest absolute Gasteiger partial charge is 0.0933 e. The van der Waals surface area contributed by atoms with Crippen molar-refractivity contribution >= 4 is 16.6 Å². The van der Waals surface area contributed by atoms with Crippen molar-refractivity contribution in [2.75, 3.05) is 5.32 Å². The second kappa shape index (κ2) is 5.74. The summed E-state index contributed by atoms with van der Waals surface area (Å²) in [5.41, 5.74) is 4.78. The lowest BCUT2D eigenvalue weighted by atomic mass is 10.1. The van der Waals surface area contributed by atoms with E-state index in [4.69, 9.17) is 0 Å². The van der Waals surface area contributed by atoms with Gasteiger partial charge in [-0.2, -0.15) is 0 Å². The van der Waals surface area contributed by atoms with Crippen molar-refractivity contribution in [3.05, 3.63) is 71.9 Å². The van der Waals surface area contributed by atoms with Gasteiger partial charge in [0, 0.05) is 18.1 Å². The first-order chi connectivity index (χ1) is 9.86. The van der Waals surface area contributed by atoms with E-state index in [0.29, 0.717) is 0 Å². The highest BCUT2D eigenvalue weighted by atomic mass is 14.9. The monoisotopic (exact) mass is 262 g/mol. The van der Waals surface area contributed by atoms with Crippen LogP contribution in [0.25, 0.3) is 10.9 Å². The zero-order valence-corrected chi connectivity index (χ0v) is 11.6. The van der Waals surface area contributed by atoms with Crippen molar-refractivity contribution in [3.63, 3.8) is 0 Å². The predicted octanol–water partition coefficient (Wildman–Crippen LogP) is 4.41. The maximum Gasteiger partial charge on any atom is 0.0933 e. The third-order valence-corrected chi connectivity index (χ3v) is 3.55. The summed E-state index contributed by atoms with van der Waals surface area (Å²) >= 11 is 0. The van der Waals surface area contributed by atoms with Gasteiger partial charge in [-0.05, 0) is 29.7 Å². The molecule has 3 aromatic rings. The summed E-state index contributed by atoms with van der Waals surface area (Å²) in [6.45, 7) is 2.99. The molecular formula is C18H18N2. The van der Waals surface area contributed by atoms with E-state index in [0.717, 1.165) is 24.2 Å². The molecule has 20 heavy (non-hydrogen) atoms. The molecule has 0 radical (unpaired) electrons. The van der Waals surface area contributed by atoms with Gasteiger partial charge in [0.2, 0.25) is 0 Å². The highest BCUT2D eigenvalue weighted by Crippen LogP contribution is 2.21. The number of aromatic nitrogens is 1. The number of fused-ring (bicyclic) bond motifs is 1. The number of pyridine rings is 1. The molecular weight excluding hydrogens is 244 g/mol. The Morgan fingerprint density at radius 1 is 0.900 bits per heavy atom. The Kier molecular flexibility index (Phi) is 3.64. The number of para-hydroxylation sites is 1. The molecule has 0 aliphatic carbocycles. The largest absolute Gasteiger partial charge is 0.379 e. The molecule has 0 bridgehead atoms. The van der Waals surface area contributed by atoms with Gasteiger partial charge in [0.15, 0.2) is 0 Å². The Labute approximate surface area is 119 Å². The second-order valence-corrected chi connectivity index (χ2v) is 4.90. The second-order valence-electron chi connectivity index (χ2n) is 4.90. The lowest BCUT2D eigenvalue weighted by Crippen LogP contribution is -2.00. The van der Waals surface area contributed by atoms with E-state index in [2.05, 4.69) is 65.8 Å². The number of hydrogen-bond acceptors (Lipinski definition) is 2. The van der Waals surface area contributed by atoms with Gasteiger partial charge in [-0.25, -0.2) is 0 Å². The minimum absolute atomic E-state index is 0.819. The molecule has 0 unspecified atom stereocenters. The molecule has 2 heteroatoms. The molecule has 0 fully saturated rings. The zero-order valence-electron chi connectivity index (χ0n) is 11.6. The average Bonchev–Trinajstić information content (AvgIpc) is 2.53. The number of nitrogens with zero attached hydrogens (tertiary/aromatic N) is 1. The quantitative estimate of drug-likeness (QED) is 0.753. The van der Waals surface area contributed by atoms with Crippen LogP contribution in [0, 0.1) is 0 Å². The van der Waals surface area contributed by atoms with Crippen LogP contribution in [0.2, 0.25) is 0 Å². The maximum atomic E-state index is 4.46. The number of hydrogen-bond donors (Lipinski definition) is 1. The average molecular weight is 262 g/mol. The first kappa shape index (κ1) is 12.7. The van der Waals surface area contributed by atoms with Crippen LogP contribution in [0.1, 0.15) is 18.1 Å². The standard InChI is InChI=1S/C18H18N2/c1-2-14-8-10-15(11-9-14)13-20-17-7-3-5-16-6-4-12-19-18(16)17/h3-12,20H,2,13H2,1H3. The van der Waals surface area contributed by atoms with E-state index >= 15 is 0 Å². The van der Waals surface area contributed by atoms with Crippen LogP contribution in [-0.4, -0.2) is 4.98 Å². The van der Waals surface area contributed by atoms with Crippen LogP contribution in [0.4, 0.5) is 5.69 Å². The Hall–Kier alpha value is -2.35. The van der Waals surface area contributed by atoms with Crippen molar-refractivity contribution in [1.82, 2.24) is 4.98 Å². The normalized spacial score (nSPS) is 10.7. The molecule has 0 aliphatic rings. The van der Waals surface area contributed by atoms with Gasteiger partial charge in [-0.15, -0.1) is 0 Å². The highest BCUT2D eigenvalue weighted by molar-refractivity contribution is 5.90. The molecule has 1 aromatic heterocycles. The molecule has 100 valence electrons. The van der Waals surface area contributed by atoms with Crippen molar-refractivity contribution in [2.24, 2.45) is 0 Å². The van der Waals surface area contributed by atoms with Gasteiger partial charge in [-0.3, -0.25) is 4.98 Å². The van der Waals surface area contributed by atoms with Gasteiger partial charge in [0.25, 0.3) is 0 Å². The van der Waals surface area contributed by atoms with Crippen LogP contribution >= 0.6 is 0 Å². The van der Waals surface area contributed by atoms with Crippen LogP contribution in [0.3, 0.4) is 0 Å². The first-order valence-electron chi connectivity index (χ1n) is 7.02. The summed E-state index contributed by atoms with van der Waals surface area (Å²) in [6, 6.07) is 19.0. The van der Waals surface area contributed by atoms with Crippen molar-refractivity contribution < 1.29 is 0 Å². The van der Waals surface area contributed by atoms with Crippen LogP contribution in [0.15, 0.2) is 60.8 Å². The molecule has 0 saturated carbocycles. The fraction of sp³-hybridized carbons (Fsp3) is 0.167. The fourth-order valence-corrected chi connectivity index (χ4v) is 2.34. The molecule has 2 nitrogen and oxygen atoms in total. The van der Waals surface area contributed by atoms with E-state index in [1.54, 1.807) is 0 Å². The first-order valence-corrected chi connectivity index (χ1v) is 7.02. The lowest BCUT2D eigenvalue weighted by Gasteiger charge is -2.09. The van der Waals surface area contributed by atoms with Crippen LogP contribution in [0.5, 0.6) is 0 Å². The third kappa shape index (κ3) is 2.64. The Balaban J connectivity index is 1.79.